The molecule has 0 saturated heterocycles. The zero-order valence-electron chi connectivity index (χ0n) is 10.2. The van der Waals surface area contributed by atoms with Gasteiger partial charge in [0.1, 0.15) is 6.20 Å². The summed E-state index contributed by atoms with van der Waals surface area (Å²) in [6, 6.07) is 0. The fourth-order valence-electron chi connectivity index (χ4n) is 1.42. The Bertz CT molecular complexity index is 559. The SMILES string of the molecule is CNc1ncc([N+](=O)[O-])c(NCCc2nccs2)n1. The van der Waals surface area contributed by atoms with Gasteiger partial charge >= 0.3 is 5.69 Å². The van der Waals surface area contributed by atoms with E-state index in [1.54, 1.807) is 24.6 Å². The molecular weight excluding hydrogens is 268 g/mol. The van der Waals surface area contributed by atoms with Crippen LogP contribution in [0.15, 0.2) is 17.8 Å². The van der Waals surface area contributed by atoms with E-state index in [9.17, 15) is 10.1 Å². The van der Waals surface area contributed by atoms with Crippen LogP contribution in [0.1, 0.15) is 5.01 Å². The molecule has 2 aromatic rings. The van der Waals surface area contributed by atoms with Crippen molar-refractivity contribution < 1.29 is 4.92 Å². The number of hydrogen-bond donors (Lipinski definition) is 2. The Labute approximate surface area is 113 Å². The summed E-state index contributed by atoms with van der Waals surface area (Å²) in [4.78, 5) is 22.4. The van der Waals surface area contributed by atoms with Crippen LogP contribution in [0.2, 0.25) is 0 Å². The molecule has 0 saturated carbocycles. The molecule has 0 aliphatic carbocycles. The van der Waals surface area contributed by atoms with Gasteiger partial charge < -0.3 is 10.6 Å². The maximum atomic E-state index is 10.9. The Hall–Kier alpha value is -2.29. The van der Waals surface area contributed by atoms with Gasteiger partial charge in [-0.1, -0.05) is 0 Å². The van der Waals surface area contributed by atoms with E-state index in [-0.39, 0.29) is 11.5 Å². The molecule has 0 unspecified atom stereocenters. The molecule has 9 heteroatoms. The van der Waals surface area contributed by atoms with E-state index < -0.39 is 4.92 Å². The molecule has 0 aromatic carbocycles. The summed E-state index contributed by atoms with van der Waals surface area (Å²) in [7, 11) is 1.65. The quantitative estimate of drug-likeness (QED) is 0.610. The predicted molar refractivity (Wildman–Crippen MR) is 72.5 cm³/mol. The predicted octanol–water partition coefficient (Wildman–Crippen LogP) is 1.54. The first kappa shape index (κ1) is 13.1. The van der Waals surface area contributed by atoms with E-state index in [1.807, 2.05) is 5.38 Å². The Kier molecular flexibility index (Phi) is 4.18. The van der Waals surface area contributed by atoms with Crippen molar-refractivity contribution in [1.82, 2.24) is 15.0 Å². The number of rotatable bonds is 6. The summed E-state index contributed by atoms with van der Waals surface area (Å²) in [5, 5.41) is 19.4. The highest BCUT2D eigenvalue weighted by Gasteiger charge is 2.16. The van der Waals surface area contributed by atoms with Crippen LogP contribution in [-0.4, -0.2) is 33.5 Å². The van der Waals surface area contributed by atoms with Crippen LogP contribution in [0.25, 0.3) is 0 Å². The number of thiazole rings is 1. The second kappa shape index (κ2) is 6.05. The van der Waals surface area contributed by atoms with E-state index in [0.29, 0.717) is 18.9 Å². The van der Waals surface area contributed by atoms with Gasteiger partial charge in [0.05, 0.1) is 9.93 Å². The monoisotopic (exact) mass is 280 g/mol. The van der Waals surface area contributed by atoms with Crippen molar-refractivity contribution in [3.05, 3.63) is 32.9 Å². The molecule has 2 aromatic heterocycles. The fraction of sp³-hybridized carbons (Fsp3) is 0.300. The summed E-state index contributed by atoms with van der Waals surface area (Å²) >= 11 is 1.55. The van der Waals surface area contributed by atoms with Crippen molar-refractivity contribution in [2.75, 3.05) is 24.2 Å². The van der Waals surface area contributed by atoms with Gasteiger partial charge in [-0.25, -0.2) is 9.97 Å². The summed E-state index contributed by atoms with van der Waals surface area (Å²) in [6.45, 7) is 0.522. The Balaban J connectivity index is 2.06. The van der Waals surface area contributed by atoms with Crippen LogP contribution >= 0.6 is 11.3 Å². The third-order valence-corrected chi connectivity index (χ3v) is 3.14. The standard InChI is InChI=1S/C10H12N6O2S/c1-11-10-14-6-7(16(17)18)9(15-10)13-3-2-8-12-4-5-19-8/h4-6H,2-3H2,1H3,(H2,11,13,14,15). The normalized spacial score (nSPS) is 10.2. The zero-order valence-corrected chi connectivity index (χ0v) is 11.0. The molecule has 0 bridgehead atoms. The maximum Gasteiger partial charge on any atom is 0.329 e. The fourth-order valence-corrected chi connectivity index (χ4v) is 2.04. The van der Waals surface area contributed by atoms with Crippen LogP contribution in [0.4, 0.5) is 17.5 Å². The van der Waals surface area contributed by atoms with Crippen molar-refractivity contribution in [3.63, 3.8) is 0 Å². The lowest BCUT2D eigenvalue weighted by Gasteiger charge is -2.06. The van der Waals surface area contributed by atoms with Crippen molar-refractivity contribution in [1.29, 1.82) is 0 Å². The van der Waals surface area contributed by atoms with Crippen molar-refractivity contribution in [3.8, 4) is 0 Å². The van der Waals surface area contributed by atoms with Crippen molar-refractivity contribution in [2.45, 2.75) is 6.42 Å². The molecule has 100 valence electrons. The van der Waals surface area contributed by atoms with Crippen LogP contribution in [0, 0.1) is 10.1 Å². The van der Waals surface area contributed by atoms with Crippen LogP contribution in [0.5, 0.6) is 0 Å². The largest absolute Gasteiger partial charge is 0.364 e. The van der Waals surface area contributed by atoms with Gasteiger partial charge in [0.15, 0.2) is 0 Å². The lowest BCUT2D eigenvalue weighted by Crippen LogP contribution is -2.10. The number of aromatic nitrogens is 3. The van der Waals surface area contributed by atoms with E-state index >= 15 is 0 Å². The summed E-state index contributed by atoms with van der Waals surface area (Å²) in [5.41, 5.74) is -0.141. The van der Waals surface area contributed by atoms with Gasteiger partial charge in [0.2, 0.25) is 11.8 Å². The van der Waals surface area contributed by atoms with E-state index in [4.69, 9.17) is 0 Å². The first-order valence-electron chi connectivity index (χ1n) is 5.52. The highest BCUT2D eigenvalue weighted by Crippen LogP contribution is 2.21. The minimum atomic E-state index is -0.509. The van der Waals surface area contributed by atoms with Gasteiger partial charge in [-0.3, -0.25) is 10.1 Å². The third-order valence-electron chi connectivity index (χ3n) is 2.30. The van der Waals surface area contributed by atoms with Crippen LogP contribution in [-0.2, 0) is 6.42 Å². The highest BCUT2D eigenvalue weighted by molar-refractivity contribution is 7.09. The third kappa shape index (κ3) is 3.35. The molecule has 0 atom stereocenters. The molecule has 0 fully saturated rings. The first-order chi connectivity index (χ1) is 9.20. The molecule has 0 spiro atoms. The highest BCUT2D eigenvalue weighted by atomic mass is 32.1. The van der Waals surface area contributed by atoms with Gasteiger partial charge in [0, 0.05) is 31.6 Å². The molecular formula is C10H12N6O2S. The summed E-state index contributed by atoms with van der Waals surface area (Å²) in [6.07, 6.45) is 3.60. The second-order valence-corrected chi connectivity index (χ2v) is 4.52. The minimum absolute atomic E-state index is 0.141. The zero-order chi connectivity index (χ0) is 13.7. The first-order valence-corrected chi connectivity index (χ1v) is 6.40. The molecule has 2 N–H and O–H groups in total. The average molecular weight is 280 g/mol. The molecule has 19 heavy (non-hydrogen) atoms. The van der Waals surface area contributed by atoms with Gasteiger partial charge in [0.25, 0.3) is 0 Å². The number of nitrogens with zero attached hydrogens (tertiary/aromatic N) is 4. The molecule has 0 radical (unpaired) electrons. The lowest BCUT2D eigenvalue weighted by atomic mass is 10.4. The smallest absolute Gasteiger partial charge is 0.329 e. The summed E-state index contributed by atoms with van der Waals surface area (Å²) < 4.78 is 0. The Morgan fingerprint density at radius 1 is 1.47 bits per heavy atom. The van der Waals surface area contributed by atoms with Gasteiger partial charge in [-0.05, 0) is 0 Å². The van der Waals surface area contributed by atoms with Crippen molar-refractivity contribution in [2.24, 2.45) is 0 Å². The lowest BCUT2D eigenvalue weighted by molar-refractivity contribution is -0.384. The second-order valence-electron chi connectivity index (χ2n) is 3.54. The molecule has 8 nitrogen and oxygen atoms in total. The number of anilines is 2. The van der Waals surface area contributed by atoms with E-state index in [0.717, 1.165) is 5.01 Å². The number of hydrogen-bond acceptors (Lipinski definition) is 8. The van der Waals surface area contributed by atoms with E-state index in [1.165, 1.54) is 6.20 Å². The maximum absolute atomic E-state index is 10.9. The molecule has 0 aliphatic heterocycles. The summed E-state index contributed by atoms with van der Waals surface area (Å²) in [5.74, 6) is 0.545. The Morgan fingerprint density at radius 3 is 2.95 bits per heavy atom. The van der Waals surface area contributed by atoms with Crippen LogP contribution in [0.3, 0.4) is 0 Å². The molecule has 0 amide bonds. The molecule has 2 rings (SSSR count). The topological polar surface area (TPSA) is 106 Å². The van der Waals surface area contributed by atoms with Gasteiger partial charge in [-0.15, -0.1) is 11.3 Å². The van der Waals surface area contributed by atoms with Crippen LogP contribution < -0.4 is 10.6 Å². The average Bonchev–Trinajstić information content (AvgIpc) is 2.91. The molecule has 2 heterocycles. The van der Waals surface area contributed by atoms with E-state index in [2.05, 4.69) is 25.6 Å². The van der Waals surface area contributed by atoms with Gasteiger partial charge in [-0.2, -0.15) is 4.98 Å². The van der Waals surface area contributed by atoms with Crippen molar-refractivity contribution >= 4 is 28.8 Å². The number of nitro groups is 1. The minimum Gasteiger partial charge on any atom is -0.364 e. The number of nitrogens with one attached hydrogen (secondary N) is 2. The molecule has 0 aliphatic rings. The Morgan fingerprint density at radius 2 is 2.32 bits per heavy atom.